The molecule has 0 bridgehead atoms. The van der Waals surface area contributed by atoms with Gasteiger partial charge in [-0.25, -0.2) is 4.79 Å². The van der Waals surface area contributed by atoms with Crippen LogP contribution in [0.2, 0.25) is 0 Å². The van der Waals surface area contributed by atoms with Gasteiger partial charge in [0, 0.05) is 12.7 Å². The number of likely N-dealkylation sites (N-methyl/N-ethyl adjacent to an activating group) is 2. The Bertz CT molecular complexity index is 366. The smallest absolute Gasteiger partial charge is 0.324 e. The zero-order chi connectivity index (χ0) is 15.3. The van der Waals surface area contributed by atoms with Gasteiger partial charge in [-0.2, -0.15) is 0 Å². The number of quaternary nitrogens is 1. The van der Waals surface area contributed by atoms with Crippen molar-refractivity contribution < 1.29 is 18.4 Å². The lowest BCUT2D eigenvalue weighted by atomic mass is 10.2. The minimum absolute atomic E-state index is 0.0998. The average molecular weight is 310 g/mol. The standard InChI is InChI=1S/C12H27N2O3P2/c1-11(13(2)7-10-19(5,6)17)12(15)14(3,4)8-9-18-16/h11H,7-10H2,1-6H3/q+1/p+1. The van der Waals surface area contributed by atoms with Crippen LogP contribution in [0.1, 0.15) is 6.92 Å². The van der Waals surface area contributed by atoms with Gasteiger partial charge in [0.05, 0.1) is 21.2 Å². The second kappa shape index (κ2) is 7.64. The van der Waals surface area contributed by atoms with Crippen LogP contribution in [-0.2, 0) is 13.9 Å². The topological polar surface area (TPSA) is 54.5 Å². The number of carbonyl (C=O) groups excluding carboxylic acids is 1. The summed E-state index contributed by atoms with van der Waals surface area (Å²) in [4.78, 5) is 14.3. The maximum Gasteiger partial charge on any atom is 0.330 e. The molecule has 0 heterocycles. The highest BCUT2D eigenvalue weighted by atomic mass is 31.2. The molecule has 0 N–H and O–H groups in total. The summed E-state index contributed by atoms with van der Waals surface area (Å²) in [5.41, 5.74) is 0. The fourth-order valence-electron chi connectivity index (χ4n) is 1.72. The lowest BCUT2D eigenvalue weighted by Gasteiger charge is -2.32. The fourth-order valence-corrected chi connectivity index (χ4v) is 3.17. The summed E-state index contributed by atoms with van der Waals surface area (Å²) in [5, 5.41) is 0. The van der Waals surface area contributed by atoms with Crippen molar-refractivity contribution in [1.82, 2.24) is 4.90 Å². The third-order valence-corrected chi connectivity index (χ3v) is 5.08. The predicted molar refractivity (Wildman–Crippen MR) is 82.3 cm³/mol. The van der Waals surface area contributed by atoms with Gasteiger partial charge >= 0.3 is 14.4 Å². The molecule has 1 amide bonds. The van der Waals surface area contributed by atoms with Crippen molar-refractivity contribution in [2.24, 2.45) is 0 Å². The van der Waals surface area contributed by atoms with Gasteiger partial charge in [-0.3, -0.25) is 9.38 Å². The molecule has 5 nitrogen and oxygen atoms in total. The summed E-state index contributed by atoms with van der Waals surface area (Å²) in [6.45, 7) is 6.64. The third-order valence-electron chi connectivity index (χ3n) is 3.38. The molecule has 112 valence electrons. The lowest BCUT2D eigenvalue weighted by Crippen LogP contribution is -2.55. The predicted octanol–water partition coefficient (Wildman–Crippen LogP) is 1.56. The lowest BCUT2D eigenvalue weighted by molar-refractivity contribution is -0.812. The van der Waals surface area contributed by atoms with Crippen LogP contribution in [0.15, 0.2) is 0 Å². The van der Waals surface area contributed by atoms with Crippen LogP contribution in [0.5, 0.6) is 0 Å². The molecule has 0 aliphatic carbocycles. The molecule has 0 rings (SSSR count). The van der Waals surface area contributed by atoms with Gasteiger partial charge in [0.15, 0.2) is 6.16 Å². The Hall–Kier alpha value is -0.0800. The van der Waals surface area contributed by atoms with Gasteiger partial charge in [0.1, 0.15) is 12.6 Å². The minimum atomic E-state index is -2.05. The summed E-state index contributed by atoms with van der Waals surface area (Å²) < 4.78 is 22.5. The molecule has 0 aromatic carbocycles. The molecular formula is C12H28N2O3P2+2. The summed E-state index contributed by atoms with van der Waals surface area (Å²) in [5.74, 6) is 0.0998. The molecule has 0 spiro atoms. The van der Waals surface area contributed by atoms with Crippen molar-refractivity contribution in [3.8, 4) is 0 Å². The monoisotopic (exact) mass is 310 g/mol. The summed E-state index contributed by atoms with van der Waals surface area (Å²) in [7, 11) is 3.16. The van der Waals surface area contributed by atoms with E-state index in [1.54, 1.807) is 13.3 Å². The SMILES string of the molecule is CC(C(=O)[N+](C)(C)CC[PH+]=O)N(C)CCP(C)(C)=O. The minimum Gasteiger partial charge on any atom is -0.324 e. The zero-order valence-electron chi connectivity index (χ0n) is 13.0. The normalized spacial score (nSPS) is 14.9. The van der Waals surface area contributed by atoms with E-state index in [2.05, 4.69) is 0 Å². The second-order valence-electron chi connectivity index (χ2n) is 6.10. The largest absolute Gasteiger partial charge is 0.330 e. The Balaban J connectivity index is 4.54. The van der Waals surface area contributed by atoms with E-state index in [0.29, 0.717) is 25.4 Å². The quantitative estimate of drug-likeness (QED) is 0.504. The van der Waals surface area contributed by atoms with Crippen molar-refractivity contribution >= 4 is 21.5 Å². The van der Waals surface area contributed by atoms with Crippen molar-refractivity contribution in [3.05, 3.63) is 0 Å². The first-order chi connectivity index (χ1) is 8.51. The fraction of sp³-hybridized carbons (Fsp3) is 0.917. The van der Waals surface area contributed by atoms with Crippen LogP contribution < -0.4 is 0 Å². The maximum absolute atomic E-state index is 12.4. The molecule has 19 heavy (non-hydrogen) atoms. The van der Waals surface area contributed by atoms with E-state index in [1.807, 2.05) is 33.0 Å². The number of hydrogen-bond acceptors (Lipinski definition) is 4. The van der Waals surface area contributed by atoms with Crippen molar-refractivity contribution in [1.29, 1.82) is 0 Å². The number of amides is 1. The summed E-state index contributed by atoms with van der Waals surface area (Å²) in [6, 6.07) is -0.225. The van der Waals surface area contributed by atoms with Gasteiger partial charge in [-0.1, -0.05) is 4.57 Å². The molecule has 0 aliphatic heterocycles. The second-order valence-corrected chi connectivity index (χ2v) is 10.5. The van der Waals surface area contributed by atoms with E-state index < -0.39 is 7.14 Å². The Morgan fingerprint density at radius 2 is 1.89 bits per heavy atom. The molecule has 7 heteroatoms. The van der Waals surface area contributed by atoms with Gasteiger partial charge in [-0.15, -0.1) is 0 Å². The molecule has 0 aromatic heterocycles. The van der Waals surface area contributed by atoms with Crippen LogP contribution >= 0.6 is 15.6 Å². The molecule has 2 unspecified atom stereocenters. The first kappa shape index (κ1) is 18.9. The van der Waals surface area contributed by atoms with Gasteiger partial charge in [0.2, 0.25) is 0 Å². The maximum atomic E-state index is 12.4. The number of carbonyl (C=O) groups is 1. The van der Waals surface area contributed by atoms with Crippen molar-refractivity contribution in [2.45, 2.75) is 13.0 Å². The van der Waals surface area contributed by atoms with Gasteiger partial charge < -0.3 is 4.57 Å². The van der Waals surface area contributed by atoms with Gasteiger partial charge in [-0.05, 0) is 27.3 Å². The first-order valence-electron chi connectivity index (χ1n) is 6.48. The Kier molecular flexibility index (Phi) is 7.60. The molecule has 2 atom stereocenters. The van der Waals surface area contributed by atoms with Crippen LogP contribution in [0.25, 0.3) is 0 Å². The molecule has 0 radical (unpaired) electrons. The van der Waals surface area contributed by atoms with Crippen molar-refractivity contribution in [2.75, 3.05) is 59.9 Å². The van der Waals surface area contributed by atoms with E-state index in [4.69, 9.17) is 0 Å². The number of rotatable bonds is 8. The van der Waals surface area contributed by atoms with Gasteiger partial charge in [0.25, 0.3) is 0 Å². The third kappa shape index (κ3) is 7.31. The van der Waals surface area contributed by atoms with E-state index in [-0.39, 0.29) is 24.9 Å². The Morgan fingerprint density at radius 3 is 2.32 bits per heavy atom. The van der Waals surface area contributed by atoms with E-state index >= 15 is 0 Å². The molecular weight excluding hydrogens is 282 g/mol. The number of nitrogens with zero attached hydrogens (tertiary/aromatic N) is 2. The molecule has 0 fully saturated rings. The zero-order valence-corrected chi connectivity index (χ0v) is 14.9. The van der Waals surface area contributed by atoms with Crippen LogP contribution in [-0.4, -0.2) is 81.2 Å². The van der Waals surface area contributed by atoms with Crippen LogP contribution in [0, 0.1) is 0 Å². The molecule has 0 aliphatic rings. The summed E-state index contributed by atoms with van der Waals surface area (Å²) >= 11 is 0. The Morgan fingerprint density at radius 1 is 1.37 bits per heavy atom. The van der Waals surface area contributed by atoms with Crippen molar-refractivity contribution in [3.63, 3.8) is 0 Å². The molecule has 0 saturated heterocycles. The highest BCUT2D eigenvalue weighted by Gasteiger charge is 2.34. The van der Waals surface area contributed by atoms with E-state index in [9.17, 15) is 13.9 Å². The van der Waals surface area contributed by atoms with E-state index in [0.717, 1.165) is 0 Å². The Labute approximate surface area is 118 Å². The van der Waals surface area contributed by atoms with Crippen LogP contribution in [0.4, 0.5) is 0 Å². The highest BCUT2D eigenvalue weighted by molar-refractivity contribution is 7.62. The number of hydrogen-bond donors (Lipinski definition) is 0. The average Bonchev–Trinajstić information content (AvgIpc) is 2.30. The van der Waals surface area contributed by atoms with E-state index in [1.165, 1.54) is 0 Å². The summed E-state index contributed by atoms with van der Waals surface area (Å²) in [6.07, 6.45) is 1.16. The molecule has 0 saturated carbocycles. The highest BCUT2D eigenvalue weighted by Crippen LogP contribution is 2.35. The van der Waals surface area contributed by atoms with Crippen LogP contribution in [0.3, 0.4) is 0 Å². The first-order valence-corrected chi connectivity index (χ1v) is 10.4. The molecule has 0 aromatic rings.